The van der Waals surface area contributed by atoms with Crippen molar-refractivity contribution in [3.8, 4) is 5.75 Å². The molecule has 9 heteroatoms. The van der Waals surface area contributed by atoms with E-state index in [4.69, 9.17) is 9.84 Å². The SMILES string of the molecule is CCc1c(C)nc(SCC(=O)N2N=C(c3ccc(Br)cc3)CC2c2ccc(OC)cc2)[nH]c1=O. The Morgan fingerprint density at radius 2 is 1.91 bits per heavy atom. The number of thioether (sulfide) groups is 1. The minimum absolute atomic E-state index is 0.109. The zero-order chi connectivity index (χ0) is 24.2. The molecule has 1 atom stereocenters. The van der Waals surface area contributed by atoms with Crippen LogP contribution in [0.25, 0.3) is 0 Å². The normalized spacial score (nSPS) is 15.4. The number of amides is 1. The van der Waals surface area contributed by atoms with Crippen molar-refractivity contribution in [2.75, 3.05) is 12.9 Å². The molecular formula is C25H25BrN4O3S. The van der Waals surface area contributed by atoms with Crippen LogP contribution in [0.5, 0.6) is 5.75 Å². The van der Waals surface area contributed by atoms with Gasteiger partial charge in [-0.3, -0.25) is 9.59 Å². The first-order chi connectivity index (χ1) is 16.4. The Morgan fingerprint density at radius 1 is 1.21 bits per heavy atom. The summed E-state index contributed by atoms with van der Waals surface area (Å²) in [4.78, 5) is 32.8. The number of nitrogens with one attached hydrogen (secondary N) is 1. The fourth-order valence-electron chi connectivity index (χ4n) is 3.91. The van der Waals surface area contributed by atoms with Crippen LogP contribution in [0.15, 0.2) is 68.1 Å². The number of rotatable bonds is 7. The Balaban J connectivity index is 1.58. The van der Waals surface area contributed by atoms with Gasteiger partial charge in [0, 0.05) is 22.2 Å². The van der Waals surface area contributed by atoms with Crippen molar-refractivity contribution >= 4 is 39.3 Å². The molecule has 1 N–H and O–H groups in total. The first-order valence-corrected chi connectivity index (χ1v) is 12.7. The maximum absolute atomic E-state index is 13.3. The van der Waals surface area contributed by atoms with Crippen molar-refractivity contribution < 1.29 is 9.53 Å². The molecule has 2 heterocycles. The topological polar surface area (TPSA) is 87.7 Å². The van der Waals surface area contributed by atoms with Gasteiger partial charge in [0.15, 0.2) is 5.16 Å². The molecule has 0 radical (unpaired) electrons. The summed E-state index contributed by atoms with van der Waals surface area (Å²) in [6.07, 6.45) is 1.21. The third kappa shape index (κ3) is 5.26. The number of aromatic nitrogens is 2. The highest BCUT2D eigenvalue weighted by Gasteiger charge is 2.33. The predicted octanol–water partition coefficient (Wildman–Crippen LogP) is 4.88. The second-order valence-corrected chi connectivity index (χ2v) is 9.74. The van der Waals surface area contributed by atoms with E-state index in [1.807, 2.05) is 62.4 Å². The molecule has 1 aliphatic rings. The molecule has 176 valence electrons. The number of ether oxygens (including phenoxy) is 1. The van der Waals surface area contributed by atoms with Crippen LogP contribution < -0.4 is 10.3 Å². The molecule has 0 aliphatic carbocycles. The number of H-pyrrole nitrogens is 1. The van der Waals surface area contributed by atoms with Crippen LogP contribution in [0.2, 0.25) is 0 Å². The summed E-state index contributed by atoms with van der Waals surface area (Å²) in [6, 6.07) is 15.4. The standard InChI is InChI=1S/C25H25BrN4O3S/c1-4-20-15(2)27-25(28-24(20)32)34-14-23(31)30-22(17-7-11-19(33-3)12-8-17)13-21(29-30)16-5-9-18(26)10-6-16/h5-12,22H,4,13-14H2,1-3H3,(H,27,28,32). The van der Waals surface area contributed by atoms with Gasteiger partial charge < -0.3 is 9.72 Å². The molecule has 0 saturated heterocycles. The minimum Gasteiger partial charge on any atom is -0.497 e. The summed E-state index contributed by atoms with van der Waals surface area (Å²) in [5.74, 6) is 0.709. The third-order valence-electron chi connectivity index (χ3n) is 5.73. The maximum atomic E-state index is 13.3. The molecule has 0 saturated carbocycles. The van der Waals surface area contributed by atoms with E-state index in [0.717, 1.165) is 27.1 Å². The van der Waals surface area contributed by atoms with Gasteiger partial charge in [-0.05, 0) is 48.7 Å². The lowest BCUT2D eigenvalue weighted by molar-refractivity contribution is -0.130. The first kappa shape index (κ1) is 24.2. The predicted molar refractivity (Wildman–Crippen MR) is 138 cm³/mol. The summed E-state index contributed by atoms with van der Waals surface area (Å²) in [5.41, 5.74) is 4.00. The zero-order valence-electron chi connectivity index (χ0n) is 19.2. The number of nitrogens with zero attached hydrogens (tertiary/aromatic N) is 3. The van der Waals surface area contributed by atoms with Gasteiger partial charge in [-0.2, -0.15) is 5.10 Å². The summed E-state index contributed by atoms with van der Waals surface area (Å²) in [5, 5.41) is 6.70. The lowest BCUT2D eigenvalue weighted by atomic mass is 9.98. The molecule has 0 bridgehead atoms. The molecule has 2 aromatic carbocycles. The fraction of sp³-hybridized carbons (Fsp3) is 0.280. The number of halogens is 1. The lowest BCUT2D eigenvalue weighted by Gasteiger charge is -2.22. The van der Waals surface area contributed by atoms with Crippen molar-refractivity contribution in [1.82, 2.24) is 15.0 Å². The van der Waals surface area contributed by atoms with Crippen LogP contribution in [-0.4, -0.2) is 39.5 Å². The number of aryl methyl sites for hydroxylation is 1. The van der Waals surface area contributed by atoms with E-state index in [2.05, 4.69) is 25.9 Å². The maximum Gasteiger partial charge on any atom is 0.254 e. The van der Waals surface area contributed by atoms with Crippen molar-refractivity contribution in [1.29, 1.82) is 0 Å². The van der Waals surface area contributed by atoms with Crippen molar-refractivity contribution in [3.63, 3.8) is 0 Å². The highest BCUT2D eigenvalue weighted by atomic mass is 79.9. The van der Waals surface area contributed by atoms with Crippen LogP contribution >= 0.6 is 27.7 Å². The molecular weight excluding hydrogens is 516 g/mol. The Labute approximate surface area is 210 Å². The van der Waals surface area contributed by atoms with Gasteiger partial charge in [-0.25, -0.2) is 9.99 Å². The molecule has 1 amide bonds. The van der Waals surface area contributed by atoms with Gasteiger partial charge in [-0.1, -0.05) is 58.9 Å². The molecule has 3 aromatic rings. The number of hydrazone groups is 1. The van der Waals surface area contributed by atoms with Gasteiger partial charge in [0.2, 0.25) is 0 Å². The number of aromatic amines is 1. The number of methoxy groups -OCH3 is 1. The Bertz CT molecular complexity index is 1270. The van der Waals surface area contributed by atoms with Gasteiger partial charge in [0.05, 0.1) is 24.6 Å². The Morgan fingerprint density at radius 3 is 2.53 bits per heavy atom. The van der Waals surface area contributed by atoms with E-state index in [1.54, 1.807) is 12.1 Å². The van der Waals surface area contributed by atoms with Crippen LogP contribution in [0, 0.1) is 6.92 Å². The number of hydrogen-bond donors (Lipinski definition) is 1. The summed E-state index contributed by atoms with van der Waals surface area (Å²) >= 11 is 4.67. The number of benzene rings is 2. The van der Waals surface area contributed by atoms with E-state index in [9.17, 15) is 9.59 Å². The molecule has 7 nitrogen and oxygen atoms in total. The van der Waals surface area contributed by atoms with E-state index in [-0.39, 0.29) is 23.3 Å². The largest absolute Gasteiger partial charge is 0.497 e. The Kier molecular flexibility index (Phi) is 7.53. The number of carbonyl (C=O) groups is 1. The third-order valence-corrected chi connectivity index (χ3v) is 7.12. The number of carbonyl (C=O) groups excluding carboxylic acids is 1. The van der Waals surface area contributed by atoms with Gasteiger partial charge in [0.25, 0.3) is 11.5 Å². The highest BCUT2D eigenvalue weighted by Crippen LogP contribution is 2.34. The molecule has 0 spiro atoms. The van der Waals surface area contributed by atoms with E-state index in [0.29, 0.717) is 29.3 Å². The average Bonchev–Trinajstić information content (AvgIpc) is 3.28. The number of hydrogen-bond acceptors (Lipinski definition) is 6. The van der Waals surface area contributed by atoms with Crippen molar-refractivity contribution in [2.45, 2.75) is 37.9 Å². The van der Waals surface area contributed by atoms with E-state index in [1.165, 1.54) is 11.8 Å². The monoisotopic (exact) mass is 540 g/mol. The zero-order valence-corrected chi connectivity index (χ0v) is 21.6. The van der Waals surface area contributed by atoms with Crippen LogP contribution in [0.3, 0.4) is 0 Å². The first-order valence-electron chi connectivity index (χ1n) is 10.9. The molecule has 34 heavy (non-hydrogen) atoms. The summed E-state index contributed by atoms with van der Waals surface area (Å²) in [6.45, 7) is 3.73. The summed E-state index contributed by atoms with van der Waals surface area (Å²) < 4.78 is 6.26. The van der Waals surface area contributed by atoms with Crippen LogP contribution in [0.4, 0.5) is 0 Å². The van der Waals surface area contributed by atoms with Gasteiger partial charge in [0.1, 0.15) is 5.75 Å². The molecule has 1 unspecified atom stereocenters. The van der Waals surface area contributed by atoms with Crippen molar-refractivity contribution in [3.05, 3.63) is 85.7 Å². The van der Waals surface area contributed by atoms with E-state index >= 15 is 0 Å². The quantitative estimate of drug-likeness (QED) is 0.340. The van der Waals surface area contributed by atoms with Crippen LogP contribution in [0.1, 0.15) is 41.8 Å². The lowest BCUT2D eigenvalue weighted by Crippen LogP contribution is -2.28. The highest BCUT2D eigenvalue weighted by molar-refractivity contribution is 9.10. The van der Waals surface area contributed by atoms with Gasteiger partial charge >= 0.3 is 0 Å². The second-order valence-electron chi connectivity index (χ2n) is 7.86. The second kappa shape index (κ2) is 10.6. The van der Waals surface area contributed by atoms with Crippen LogP contribution in [-0.2, 0) is 11.2 Å². The molecule has 4 rings (SSSR count). The molecule has 1 aromatic heterocycles. The average molecular weight is 541 g/mol. The molecule has 1 aliphatic heterocycles. The van der Waals surface area contributed by atoms with E-state index < -0.39 is 0 Å². The Hall–Kier alpha value is -2.91. The van der Waals surface area contributed by atoms with Gasteiger partial charge in [-0.15, -0.1) is 0 Å². The smallest absolute Gasteiger partial charge is 0.254 e. The molecule has 0 fully saturated rings. The fourth-order valence-corrected chi connectivity index (χ4v) is 4.93. The minimum atomic E-state index is -0.228. The summed E-state index contributed by atoms with van der Waals surface area (Å²) in [7, 11) is 1.62. The van der Waals surface area contributed by atoms with Crippen molar-refractivity contribution in [2.24, 2.45) is 5.10 Å².